The van der Waals surface area contributed by atoms with Crippen molar-refractivity contribution in [2.45, 2.75) is 19.6 Å². The number of carbonyl (C=O) groups is 1. The first-order valence-corrected chi connectivity index (χ1v) is 7.59. The van der Waals surface area contributed by atoms with Gasteiger partial charge in [0, 0.05) is 17.2 Å². The molecule has 0 aliphatic heterocycles. The summed E-state index contributed by atoms with van der Waals surface area (Å²) in [6.07, 6.45) is -1.97. The Labute approximate surface area is 145 Å². The van der Waals surface area contributed by atoms with Gasteiger partial charge in [-0.25, -0.2) is 4.79 Å². The van der Waals surface area contributed by atoms with Gasteiger partial charge in [-0.1, -0.05) is 17.7 Å². The van der Waals surface area contributed by atoms with Gasteiger partial charge in [0.25, 0.3) is 5.56 Å². The second kappa shape index (κ2) is 7.60. The Morgan fingerprint density at radius 3 is 2.68 bits per heavy atom. The average Bonchev–Trinajstić information content (AvgIpc) is 2.86. The number of nitrogens with zero attached hydrogens (tertiary/aromatic N) is 1. The molecule has 0 amide bonds. The number of ether oxygens (including phenoxy) is 1. The molecule has 0 spiro atoms. The van der Waals surface area contributed by atoms with Crippen molar-refractivity contribution in [3.05, 3.63) is 62.5 Å². The number of H-pyrrole nitrogens is 1. The van der Waals surface area contributed by atoms with E-state index in [2.05, 4.69) is 5.10 Å². The van der Waals surface area contributed by atoms with Gasteiger partial charge < -0.3 is 4.74 Å². The molecular weight excluding hydrogens is 361 g/mol. The Morgan fingerprint density at radius 1 is 1.36 bits per heavy atom. The number of aromatic nitrogens is 2. The van der Waals surface area contributed by atoms with E-state index in [9.17, 15) is 22.8 Å². The summed E-state index contributed by atoms with van der Waals surface area (Å²) in [6, 6.07) is 4.22. The second-order valence-corrected chi connectivity index (χ2v) is 5.43. The van der Waals surface area contributed by atoms with E-state index in [0.29, 0.717) is 11.3 Å². The number of hydrogen-bond donors (Lipinski definition) is 1. The highest BCUT2D eigenvalue weighted by molar-refractivity contribution is 6.31. The summed E-state index contributed by atoms with van der Waals surface area (Å²) in [5, 5.41) is 2.42. The Hall–Kier alpha value is -2.48. The fourth-order valence-electron chi connectivity index (χ4n) is 2.08. The normalized spacial score (nSPS) is 11.9. The molecule has 0 fully saturated rings. The molecule has 2 rings (SSSR count). The SMILES string of the molecule is CCOC(=O)C=Cc1cc(=O)[nH]n1Cc1ccc(C(F)(F)F)cc1Cl. The van der Waals surface area contributed by atoms with Crippen molar-refractivity contribution in [1.82, 2.24) is 9.78 Å². The first kappa shape index (κ1) is 18.9. The average molecular weight is 375 g/mol. The van der Waals surface area contributed by atoms with Crippen LogP contribution in [0.25, 0.3) is 6.08 Å². The zero-order chi connectivity index (χ0) is 18.6. The van der Waals surface area contributed by atoms with E-state index in [-0.39, 0.29) is 18.2 Å². The van der Waals surface area contributed by atoms with Gasteiger partial charge in [0.1, 0.15) is 0 Å². The number of hydrogen-bond acceptors (Lipinski definition) is 3. The van der Waals surface area contributed by atoms with E-state index >= 15 is 0 Å². The number of benzene rings is 1. The van der Waals surface area contributed by atoms with Gasteiger partial charge in [0.2, 0.25) is 0 Å². The molecule has 0 radical (unpaired) electrons. The van der Waals surface area contributed by atoms with Crippen LogP contribution in [0.5, 0.6) is 0 Å². The smallest absolute Gasteiger partial charge is 0.416 e. The maximum atomic E-state index is 12.7. The minimum Gasteiger partial charge on any atom is -0.463 e. The van der Waals surface area contributed by atoms with Crippen LogP contribution in [0.2, 0.25) is 5.02 Å². The lowest BCUT2D eigenvalue weighted by Crippen LogP contribution is -2.10. The van der Waals surface area contributed by atoms with Crippen molar-refractivity contribution < 1.29 is 22.7 Å². The van der Waals surface area contributed by atoms with Crippen LogP contribution in [-0.4, -0.2) is 22.4 Å². The standard InChI is InChI=1S/C16H14ClF3N2O3/c1-2-25-15(24)6-5-12-8-14(23)21-22(12)9-10-3-4-11(7-13(10)17)16(18,19)20/h3-8H,2,9H2,1H3,(H,21,23). The summed E-state index contributed by atoms with van der Waals surface area (Å²) in [4.78, 5) is 22.9. The van der Waals surface area contributed by atoms with Crippen LogP contribution >= 0.6 is 11.6 Å². The maximum Gasteiger partial charge on any atom is 0.416 e. The van der Waals surface area contributed by atoms with Crippen molar-refractivity contribution in [3.8, 4) is 0 Å². The molecule has 0 aliphatic carbocycles. The lowest BCUT2D eigenvalue weighted by molar-refractivity contribution is -0.138. The molecule has 5 nitrogen and oxygen atoms in total. The van der Waals surface area contributed by atoms with Gasteiger partial charge in [-0.3, -0.25) is 14.6 Å². The van der Waals surface area contributed by atoms with Gasteiger partial charge in [-0.2, -0.15) is 13.2 Å². The molecule has 0 aliphatic rings. The molecule has 134 valence electrons. The van der Waals surface area contributed by atoms with Gasteiger partial charge in [0.05, 0.1) is 24.4 Å². The molecule has 0 unspecified atom stereocenters. The third kappa shape index (κ3) is 4.99. The molecule has 0 saturated carbocycles. The van der Waals surface area contributed by atoms with Crippen molar-refractivity contribution in [2.24, 2.45) is 0 Å². The van der Waals surface area contributed by atoms with Crippen LogP contribution in [0.3, 0.4) is 0 Å². The number of halogens is 4. The molecular formula is C16H14ClF3N2O3. The Kier molecular flexibility index (Phi) is 5.73. The number of aromatic amines is 1. The molecule has 2 aromatic rings. The van der Waals surface area contributed by atoms with E-state index in [4.69, 9.17) is 16.3 Å². The minimum absolute atomic E-state index is 0.0295. The predicted octanol–water partition coefficient (Wildman–Crippen LogP) is 3.47. The molecule has 1 aromatic heterocycles. The van der Waals surface area contributed by atoms with Gasteiger partial charge in [-0.05, 0) is 30.7 Å². The van der Waals surface area contributed by atoms with Crippen LogP contribution in [0.1, 0.15) is 23.7 Å². The highest BCUT2D eigenvalue weighted by Crippen LogP contribution is 2.32. The van der Waals surface area contributed by atoms with Crippen LogP contribution in [0, 0.1) is 0 Å². The zero-order valence-corrected chi connectivity index (χ0v) is 13.8. The van der Waals surface area contributed by atoms with Crippen molar-refractivity contribution in [2.75, 3.05) is 6.61 Å². The summed E-state index contributed by atoms with van der Waals surface area (Å²) in [6.45, 7) is 1.90. The van der Waals surface area contributed by atoms with Gasteiger partial charge in [0.15, 0.2) is 0 Å². The van der Waals surface area contributed by atoms with Crippen molar-refractivity contribution in [1.29, 1.82) is 0 Å². The summed E-state index contributed by atoms with van der Waals surface area (Å²) in [5.41, 5.74) is -0.544. The largest absolute Gasteiger partial charge is 0.463 e. The van der Waals surface area contributed by atoms with Crippen molar-refractivity contribution in [3.63, 3.8) is 0 Å². The monoisotopic (exact) mass is 374 g/mol. The number of nitrogens with one attached hydrogen (secondary N) is 1. The highest BCUT2D eigenvalue weighted by atomic mass is 35.5. The van der Waals surface area contributed by atoms with Crippen LogP contribution < -0.4 is 5.56 Å². The minimum atomic E-state index is -4.49. The zero-order valence-electron chi connectivity index (χ0n) is 13.1. The van der Waals surface area contributed by atoms with Crippen LogP contribution in [0.15, 0.2) is 35.1 Å². The van der Waals surface area contributed by atoms with Gasteiger partial charge in [-0.15, -0.1) is 0 Å². The Balaban J connectivity index is 2.26. The van der Waals surface area contributed by atoms with Crippen LogP contribution in [0.4, 0.5) is 13.2 Å². The molecule has 0 bridgehead atoms. The highest BCUT2D eigenvalue weighted by Gasteiger charge is 2.30. The molecule has 0 atom stereocenters. The second-order valence-electron chi connectivity index (χ2n) is 5.02. The van der Waals surface area contributed by atoms with E-state index in [1.165, 1.54) is 22.9 Å². The summed E-state index contributed by atoms with van der Waals surface area (Å²) < 4.78 is 44.1. The molecule has 0 saturated heterocycles. The first-order chi connectivity index (χ1) is 11.7. The van der Waals surface area contributed by atoms with E-state index in [1.807, 2.05) is 0 Å². The first-order valence-electron chi connectivity index (χ1n) is 7.21. The third-order valence-electron chi connectivity index (χ3n) is 3.22. The lowest BCUT2D eigenvalue weighted by atomic mass is 10.1. The maximum absolute atomic E-state index is 12.7. The van der Waals surface area contributed by atoms with E-state index in [1.54, 1.807) is 6.92 Å². The number of alkyl halides is 3. The summed E-state index contributed by atoms with van der Waals surface area (Å²) >= 11 is 5.92. The lowest BCUT2D eigenvalue weighted by Gasteiger charge is -2.11. The summed E-state index contributed by atoms with van der Waals surface area (Å²) in [5.74, 6) is -0.574. The molecule has 1 heterocycles. The fourth-order valence-corrected chi connectivity index (χ4v) is 2.32. The topological polar surface area (TPSA) is 64.1 Å². The van der Waals surface area contributed by atoms with Crippen LogP contribution in [-0.2, 0) is 22.3 Å². The van der Waals surface area contributed by atoms with E-state index < -0.39 is 23.3 Å². The van der Waals surface area contributed by atoms with E-state index in [0.717, 1.165) is 18.2 Å². The number of rotatable bonds is 5. The molecule has 25 heavy (non-hydrogen) atoms. The molecule has 1 aromatic carbocycles. The van der Waals surface area contributed by atoms with Gasteiger partial charge >= 0.3 is 12.1 Å². The number of carbonyl (C=O) groups excluding carboxylic acids is 1. The summed E-state index contributed by atoms with van der Waals surface area (Å²) in [7, 11) is 0. The quantitative estimate of drug-likeness (QED) is 0.643. The molecule has 9 heteroatoms. The Morgan fingerprint density at radius 2 is 2.08 bits per heavy atom. The Bertz CT molecular complexity index is 853. The van der Waals surface area contributed by atoms with Crippen molar-refractivity contribution >= 4 is 23.6 Å². The predicted molar refractivity (Wildman–Crippen MR) is 86.3 cm³/mol. The molecule has 1 N–H and O–H groups in total. The third-order valence-corrected chi connectivity index (χ3v) is 3.57. The fraction of sp³-hybridized carbons (Fsp3) is 0.250. The number of esters is 1.